The highest BCUT2D eigenvalue weighted by molar-refractivity contribution is 7.88. The van der Waals surface area contributed by atoms with Gasteiger partial charge in [0.1, 0.15) is 0 Å². The highest BCUT2D eigenvalue weighted by Gasteiger charge is 2.19. The van der Waals surface area contributed by atoms with E-state index in [9.17, 15) is 8.42 Å². The zero-order valence-electron chi connectivity index (χ0n) is 12.1. The molecule has 0 saturated heterocycles. The first-order valence-electron chi connectivity index (χ1n) is 6.61. The van der Waals surface area contributed by atoms with E-state index in [-0.39, 0.29) is 5.75 Å². The lowest BCUT2D eigenvalue weighted by Gasteiger charge is -2.18. The maximum atomic E-state index is 12.4. The molecule has 0 aliphatic carbocycles. The molecule has 2 aromatic carbocycles. The second kappa shape index (κ2) is 6.60. The summed E-state index contributed by atoms with van der Waals surface area (Å²) in [6.07, 6.45) is 0. The summed E-state index contributed by atoms with van der Waals surface area (Å²) in [5, 5.41) is 0.477. The summed E-state index contributed by atoms with van der Waals surface area (Å²) in [6.45, 7) is 2.36. The molecular weight excluding hydrogens is 306 g/mol. The van der Waals surface area contributed by atoms with Gasteiger partial charge in [0.15, 0.2) is 0 Å². The normalized spacial score (nSPS) is 11.8. The van der Waals surface area contributed by atoms with E-state index >= 15 is 0 Å². The zero-order valence-corrected chi connectivity index (χ0v) is 13.7. The second-order valence-electron chi connectivity index (χ2n) is 5.09. The van der Waals surface area contributed by atoms with Gasteiger partial charge in [-0.1, -0.05) is 59.6 Å². The van der Waals surface area contributed by atoms with E-state index in [0.717, 1.165) is 11.1 Å². The fourth-order valence-corrected chi connectivity index (χ4v) is 3.46. The third-order valence-corrected chi connectivity index (χ3v) is 5.42. The van der Waals surface area contributed by atoms with Crippen molar-refractivity contribution < 1.29 is 8.42 Å². The molecule has 0 bridgehead atoms. The molecule has 0 aromatic heterocycles. The van der Waals surface area contributed by atoms with Gasteiger partial charge in [-0.25, -0.2) is 12.7 Å². The standard InChI is InChI=1S/C16H18ClNO2S/c1-13-7-9-14(10-8-13)11-18(2)21(19,20)12-15-5-3-4-6-16(15)17/h3-10H,11-12H2,1-2H3. The predicted octanol–water partition coefficient (Wildman–Crippen LogP) is 3.61. The Kier molecular flexibility index (Phi) is 5.04. The molecule has 0 unspecified atom stereocenters. The molecule has 0 heterocycles. The first-order chi connectivity index (χ1) is 9.88. The summed E-state index contributed by atoms with van der Waals surface area (Å²) in [7, 11) is -1.81. The van der Waals surface area contributed by atoms with Crippen LogP contribution >= 0.6 is 11.6 Å². The maximum absolute atomic E-state index is 12.4. The number of aryl methyl sites for hydroxylation is 1. The van der Waals surface area contributed by atoms with Gasteiger partial charge in [0.25, 0.3) is 0 Å². The molecule has 0 saturated carbocycles. The van der Waals surface area contributed by atoms with Crippen LogP contribution in [0, 0.1) is 6.92 Å². The molecule has 2 rings (SSSR count). The van der Waals surface area contributed by atoms with Crippen LogP contribution in [0.25, 0.3) is 0 Å². The van der Waals surface area contributed by atoms with Gasteiger partial charge in [-0.3, -0.25) is 0 Å². The van der Waals surface area contributed by atoms with Crippen LogP contribution < -0.4 is 0 Å². The first-order valence-corrected chi connectivity index (χ1v) is 8.60. The van der Waals surface area contributed by atoms with E-state index in [1.807, 2.05) is 31.2 Å². The maximum Gasteiger partial charge on any atom is 0.218 e. The van der Waals surface area contributed by atoms with Gasteiger partial charge in [0.2, 0.25) is 10.0 Å². The molecule has 2 aromatic rings. The van der Waals surface area contributed by atoms with Crippen molar-refractivity contribution in [1.29, 1.82) is 0 Å². The van der Waals surface area contributed by atoms with Crippen molar-refractivity contribution in [1.82, 2.24) is 4.31 Å². The molecule has 3 nitrogen and oxygen atoms in total. The van der Waals surface area contributed by atoms with Crippen molar-refractivity contribution >= 4 is 21.6 Å². The van der Waals surface area contributed by atoms with Crippen LogP contribution in [0.3, 0.4) is 0 Å². The van der Waals surface area contributed by atoms with E-state index in [1.165, 1.54) is 4.31 Å². The highest BCUT2D eigenvalue weighted by atomic mass is 35.5. The van der Waals surface area contributed by atoms with Crippen molar-refractivity contribution in [3.05, 3.63) is 70.2 Å². The van der Waals surface area contributed by atoms with Crippen LogP contribution in [-0.4, -0.2) is 19.8 Å². The molecule has 5 heteroatoms. The SMILES string of the molecule is Cc1ccc(CN(C)S(=O)(=O)Cc2ccccc2Cl)cc1. The van der Waals surface area contributed by atoms with Gasteiger partial charge < -0.3 is 0 Å². The van der Waals surface area contributed by atoms with Gasteiger partial charge in [0.05, 0.1) is 5.75 Å². The van der Waals surface area contributed by atoms with Crippen LogP contribution in [0.15, 0.2) is 48.5 Å². The minimum absolute atomic E-state index is 0.0883. The summed E-state index contributed by atoms with van der Waals surface area (Å²) in [5.41, 5.74) is 2.74. The van der Waals surface area contributed by atoms with Gasteiger partial charge in [-0.15, -0.1) is 0 Å². The lowest BCUT2D eigenvalue weighted by atomic mass is 10.1. The van der Waals surface area contributed by atoms with Gasteiger partial charge >= 0.3 is 0 Å². The number of nitrogens with zero attached hydrogens (tertiary/aromatic N) is 1. The Bertz CT molecular complexity index is 711. The Balaban J connectivity index is 2.12. The fourth-order valence-electron chi connectivity index (χ4n) is 1.97. The fraction of sp³-hybridized carbons (Fsp3) is 0.250. The molecule has 0 spiro atoms. The third kappa shape index (κ3) is 4.30. The first kappa shape index (κ1) is 16.0. The van der Waals surface area contributed by atoms with Gasteiger partial charge in [-0.05, 0) is 24.1 Å². The molecule has 0 aliphatic heterocycles. The third-order valence-electron chi connectivity index (χ3n) is 3.30. The zero-order chi connectivity index (χ0) is 15.5. The van der Waals surface area contributed by atoms with Crippen LogP contribution in [-0.2, 0) is 22.3 Å². The van der Waals surface area contributed by atoms with Crippen LogP contribution in [0.2, 0.25) is 5.02 Å². The van der Waals surface area contributed by atoms with E-state index in [2.05, 4.69) is 0 Å². The van der Waals surface area contributed by atoms with Crippen LogP contribution in [0.4, 0.5) is 0 Å². The molecular formula is C16H18ClNO2S. The van der Waals surface area contributed by atoms with Crippen LogP contribution in [0.5, 0.6) is 0 Å². The molecule has 0 N–H and O–H groups in total. The Morgan fingerprint density at radius 3 is 2.29 bits per heavy atom. The lowest BCUT2D eigenvalue weighted by Crippen LogP contribution is -2.27. The monoisotopic (exact) mass is 323 g/mol. The predicted molar refractivity (Wildman–Crippen MR) is 86.7 cm³/mol. The number of rotatable bonds is 5. The Morgan fingerprint density at radius 1 is 1.05 bits per heavy atom. The Labute approximate surface area is 131 Å². The summed E-state index contributed by atoms with van der Waals surface area (Å²) in [6, 6.07) is 14.8. The van der Waals surface area contributed by atoms with Gasteiger partial charge in [-0.2, -0.15) is 0 Å². The molecule has 0 amide bonds. The molecule has 21 heavy (non-hydrogen) atoms. The minimum atomic E-state index is -3.40. The molecule has 0 fully saturated rings. The number of benzene rings is 2. The molecule has 112 valence electrons. The quantitative estimate of drug-likeness (QED) is 0.843. The summed E-state index contributed by atoms with van der Waals surface area (Å²) in [5.74, 6) is -0.0883. The summed E-state index contributed by atoms with van der Waals surface area (Å²) < 4.78 is 26.1. The second-order valence-corrected chi connectivity index (χ2v) is 7.57. The van der Waals surface area contributed by atoms with Crippen molar-refractivity contribution in [3.63, 3.8) is 0 Å². The average Bonchev–Trinajstić information content (AvgIpc) is 2.43. The van der Waals surface area contributed by atoms with E-state index in [4.69, 9.17) is 11.6 Å². The molecule has 0 aliphatic rings. The van der Waals surface area contributed by atoms with Crippen molar-refractivity contribution in [2.45, 2.75) is 19.2 Å². The van der Waals surface area contributed by atoms with E-state index in [1.54, 1.807) is 31.3 Å². The van der Waals surface area contributed by atoms with Crippen molar-refractivity contribution in [3.8, 4) is 0 Å². The largest absolute Gasteiger partial charge is 0.218 e. The molecule has 0 radical (unpaired) electrons. The van der Waals surface area contributed by atoms with Crippen LogP contribution in [0.1, 0.15) is 16.7 Å². The smallest absolute Gasteiger partial charge is 0.212 e. The average molecular weight is 324 g/mol. The summed E-state index contributed by atoms with van der Waals surface area (Å²) >= 11 is 6.03. The van der Waals surface area contributed by atoms with E-state index in [0.29, 0.717) is 17.1 Å². The Hall–Kier alpha value is -1.36. The minimum Gasteiger partial charge on any atom is -0.212 e. The van der Waals surface area contributed by atoms with Gasteiger partial charge in [0, 0.05) is 18.6 Å². The van der Waals surface area contributed by atoms with Crippen molar-refractivity contribution in [2.24, 2.45) is 0 Å². The lowest BCUT2D eigenvalue weighted by molar-refractivity contribution is 0.466. The Morgan fingerprint density at radius 2 is 1.67 bits per heavy atom. The summed E-state index contributed by atoms with van der Waals surface area (Å²) in [4.78, 5) is 0. The topological polar surface area (TPSA) is 37.4 Å². The van der Waals surface area contributed by atoms with E-state index < -0.39 is 10.0 Å². The highest BCUT2D eigenvalue weighted by Crippen LogP contribution is 2.20. The molecule has 0 atom stereocenters. The number of sulfonamides is 1. The number of halogens is 1. The number of hydrogen-bond donors (Lipinski definition) is 0. The van der Waals surface area contributed by atoms with Crippen molar-refractivity contribution in [2.75, 3.05) is 7.05 Å². The number of hydrogen-bond acceptors (Lipinski definition) is 2.